The molecule has 0 aliphatic heterocycles. The van der Waals surface area contributed by atoms with Crippen molar-refractivity contribution in [2.75, 3.05) is 0 Å². The van der Waals surface area contributed by atoms with E-state index in [1.54, 1.807) is 17.1 Å². The third-order valence-electron chi connectivity index (χ3n) is 2.81. The number of aliphatic imine (C=N–C) groups is 1. The molecule has 1 amide bonds. The van der Waals surface area contributed by atoms with E-state index in [9.17, 15) is 4.79 Å². The van der Waals surface area contributed by atoms with E-state index in [1.807, 2.05) is 39.1 Å². The zero-order valence-corrected chi connectivity index (χ0v) is 11.8. The summed E-state index contributed by atoms with van der Waals surface area (Å²) in [6, 6.07) is 3.83. The lowest BCUT2D eigenvalue weighted by Gasteiger charge is -2.14. The summed E-state index contributed by atoms with van der Waals surface area (Å²) < 4.78 is 1.72. The zero-order chi connectivity index (χ0) is 14.5. The van der Waals surface area contributed by atoms with Crippen molar-refractivity contribution in [3.63, 3.8) is 0 Å². The lowest BCUT2D eigenvalue weighted by Crippen LogP contribution is -2.27. The van der Waals surface area contributed by atoms with Gasteiger partial charge in [0.05, 0.1) is 18.2 Å². The van der Waals surface area contributed by atoms with Gasteiger partial charge >= 0.3 is 0 Å². The largest absolute Gasteiger partial charge is 0.303 e. The molecule has 0 spiro atoms. The van der Waals surface area contributed by atoms with Gasteiger partial charge in [0, 0.05) is 24.0 Å². The van der Waals surface area contributed by atoms with Crippen LogP contribution in [0.2, 0.25) is 0 Å². The first-order valence-corrected chi connectivity index (χ1v) is 6.35. The molecule has 0 aliphatic rings. The van der Waals surface area contributed by atoms with Gasteiger partial charge in [-0.3, -0.25) is 9.78 Å². The molecule has 104 valence electrons. The molecule has 2 aromatic rings. The number of carbonyl (C=O) groups excluding carboxylic acids is 1. The quantitative estimate of drug-likeness (QED) is 0.475. The molecule has 0 bridgehead atoms. The Morgan fingerprint density at radius 2 is 2.25 bits per heavy atom. The molecule has 2 rings (SSSR count). The first-order chi connectivity index (χ1) is 9.61. The van der Waals surface area contributed by atoms with Crippen LogP contribution in [-0.4, -0.2) is 38.5 Å². The smallest absolute Gasteiger partial charge is 0.215 e. The van der Waals surface area contributed by atoms with Gasteiger partial charge in [-0.05, 0) is 32.9 Å². The molecule has 0 fully saturated rings. The fourth-order valence-electron chi connectivity index (χ4n) is 1.60. The van der Waals surface area contributed by atoms with Gasteiger partial charge in [0.2, 0.25) is 6.41 Å². The van der Waals surface area contributed by atoms with E-state index in [1.165, 1.54) is 11.2 Å². The molecule has 0 atom stereocenters. The fourth-order valence-corrected chi connectivity index (χ4v) is 1.60. The third-order valence-corrected chi connectivity index (χ3v) is 2.81. The number of aromatic nitrogens is 3. The highest BCUT2D eigenvalue weighted by Crippen LogP contribution is 2.17. The van der Waals surface area contributed by atoms with Gasteiger partial charge in [0.1, 0.15) is 0 Å². The maximum atomic E-state index is 10.9. The van der Waals surface area contributed by atoms with E-state index in [0.29, 0.717) is 5.82 Å². The number of pyridine rings is 1. The van der Waals surface area contributed by atoms with Crippen LogP contribution in [0, 0.1) is 6.92 Å². The van der Waals surface area contributed by atoms with Crippen molar-refractivity contribution >= 4 is 18.6 Å². The molecular formula is C14H17N5O. The van der Waals surface area contributed by atoms with Crippen molar-refractivity contribution in [1.29, 1.82) is 0 Å². The minimum atomic E-state index is 0.0666. The SMILES string of the molecule is Cc1cn(-c2cccnc2)nc1/N=C\N(C=O)C(C)C. The zero-order valence-electron chi connectivity index (χ0n) is 11.8. The lowest BCUT2D eigenvalue weighted by molar-refractivity contribution is -0.115. The molecule has 0 aliphatic carbocycles. The Morgan fingerprint density at radius 1 is 1.45 bits per heavy atom. The maximum absolute atomic E-state index is 10.9. The molecule has 2 heterocycles. The second-order valence-electron chi connectivity index (χ2n) is 4.68. The van der Waals surface area contributed by atoms with Crippen LogP contribution >= 0.6 is 0 Å². The predicted octanol–water partition coefficient (Wildman–Crippen LogP) is 2.10. The van der Waals surface area contributed by atoms with Crippen molar-refractivity contribution in [3.8, 4) is 5.69 Å². The van der Waals surface area contributed by atoms with E-state index in [0.717, 1.165) is 17.7 Å². The van der Waals surface area contributed by atoms with Crippen LogP contribution in [0.5, 0.6) is 0 Å². The summed E-state index contributed by atoms with van der Waals surface area (Å²) in [7, 11) is 0. The molecule has 6 nitrogen and oxygen atoms in total. The number of aryl methyl sites for hydroxylation is 1. The second kappa shape index (κ2) is 6.10. The van der Waals surface area contributed by atoms with Crippen molar-refractivity contribution < 1.29 is 4.79 Å². The lowest BCUT2D eigenvalue weighted by atomic mass is 10.3. The highest BCUT2D eigenvalue weighted by Gasteiger charge is 2.07. The molecular weight excluding hydrogens is 254 g/mol. The summed E-state index contributed by atoms with van der Waals surface area (Å²) >= 11 is 0. The number of hydrogen-bond donors (Lipinski definition) is 0. The van der Waals surface area contributed by atoms with Crippen LogP contribution in [0.1, 0.15) is 19.4 Å². The molecule has 0 saturated heterocycles. The third kappa shape index (κ3) is 3.09. The topological polar surface area (TPSA) is 63.4 Å². The minimum absolute atomic E-state index is 0.0666. The van der Waals surface area contributed by atoms with E-state index < -0.39 is 0 Å². The molecule has 0 aromatic carbocycles. The van der Waals surface area contributed by atoms with Crippen LogP contribution in [-0.2, 0) is 4.79 Å². The Labute approximate surface area is 117 Å². The second-order valence-corrected chi connectivity index (χ2v) is 4.68. The number of amides is 1. The van der Waals surface area contributed by atoms with Gasteiger partial charge in [-0.15, -0.1) is 5.10 Å². The maximum Gasteiger partial charge on any atom is 0.215 e. The number of carbonyl (C=O) groups is 1. The Bertz CT molecular complexity index is 603. The molecule has 0 saturated carbocycles. The van der Waals surface area contributed by atoms with E-state index in [2.05, 4.69) is 15.1 Å². The number of rotatable bonds is 5. The Hall–Kier alpha value is -2.50. The molecule has 0 N–H and O–H groups in total. The van der Waals surface area contributed by atoms with Gasteiger partial charge < -0.3 is 4.90 Å². The number of hydrogen-bond acceptors (Lipinski definition) is 4. The highest BCUT2D eigenvalue weighted by atomic mass is 16.1. The van der Waals surface area contributed by atoms with Crippen LogP contribution in [0.3, 0.4) is 0 Å². The first kappa shape index (κ1) is 13.9. The van der Waals surface area contributed by atoms with Gasteiger partial charge in [-0.25, -0.2) is 9.67 Å². The number of nitrogens with zero attached hydrogens (tertiary/aromatic N) is 5. The normalized spacial score (nSPS) is 11.2. The van der Waals surface area contributed by atoms with E-state index in [-0.39, 0.29) is 6.04 Å². The Kier molecular flexibility index (Phi) is 4.24. The van der Waals surface area contributed by atoms with Crippen LogP contribution < -0.4 is 0 Å². The Balaban J connectivity index is 2.24. The molecule has 2 aromatic heterocycles. The van der Waals surface area contributed by atoms with E-state index in [4.69, 9.17) is 0 Å². The summed E-state index contributed by atoms with van der Waals surface area (Å²) in [5, 5.41) is 4.38. The van der Waals surface area contributed by atoms with Gasteiger partial charge in [-0.2, -0.15) is 0 Å². The average molecular weight is 271 g/mol. The van der Waals surface area contributed by atoms with Crippen LogP contribution in [0.25, 0.3) is 5.69 Å². The molecule has 0 unspecified atom stereocenters. The highest BCUT2D eigenvalue weighted by molar-refractivity contribution is 5.74. The Morgan fingerprint density at radius 3 is 2.85 bits per heavy atom. The molecule has 6 heteroatoms. The van der Waals surface area contributed by atoms with Crippen LogP contribution in [0.15, 0.2) is 35.7 Å². The van der Waals surface area contributed by atoms with Crippen molar-refractivity contribution in [1.82, 2.24) is 19.7 Å². The summed E-state index contributed by atoms with van der Waals surface area (Å²) in [6.45, 7) is 5.76. The van der Waals surface area contributed by atoms with E-state index >= 15 is 0 Å². The van der Waals surface area contributed by atoms with Crippen LogP contribution in [0.4, 0.5) is 5.82 Å². The molecule has 0 radical (unpaired) electrons. The summed E-state index contributed by atoms with van der Waals surface area (Å²) in [6.07, 6.45) is 7.57. The van der Waals surface area contributed by atoms with Gasteiger partial charge in [0.15, 0.2) is 5.82 Å². The standard InChI is InChI=1S/C14H17N5O/c1-11(2)18(10-20)9-16-14-12(3)8-19(17-14)13-5-4-6-15-7-13/h4-11H,1-3H3/b16-9-. The van der Waals surface area contributed by atoms with Gasteiger partial charge in [0.25, 0.3) is 0 Å². The van der Waals surface area contributed by atoms with Crippen molar-refractivity contribution in [2.45, 2.75) is 26.8 Å². The summed E-state index contributed by atoms with van der Waals surface area (Å²) in [4.78, 5) is 20.7. The average Bonchev–Trinajstić information content (AvgIpc) is 2.82. The summed E-state index contributed by atoms with van der Waals surface area (Å²) in [5.41, 5.74) is 1.80. The monoisotopic (exact) mass is 271 g/mol. The van der Waals surface area contributed by atoms with Crippen molar-refractivity contribution in [3.05, 3.63) is 36.3 Å². The first-order valence-electron chi connectivity index (χ1n) is 6.35. The minimum Gasteiger partial charge on any atom is -0.303 e. The molecule has 20 heavy (non-hydrogen) atoms. The fraction of sp³-hybridized carbons (Fsp3) is 0.286. The predicted molar refractivity (Wildman–Crippen MR) is 77.3 cm³/mol. The van der Waals surface area contributed by atoms with Crippen molar-refractivity contribution in [2.24, 2.45) is 4.99 Å². The summed E-state index contributed by atoms with van der Waals surface area (Å²) in [5.74, 6) is 0.585. The van der Waals surface area contributed by atoms with Gasteiger partial charge in [-0.1, -0.05) is 0 Å².